The van der Waals surface area contributed by atoms with Crippen molar-refractivity contribution in [2.24, 2.45) is 0 Å². The van der Waals surface area contributed by atoms with Crippen LogP contribution in [0.15, 0.2) is 24.3 Å². The Kier molecular flexibility index (Phi) is 4.09. The number of carboxylic acid groups (broad SMARTS) is 1. The summed E-state index contributed by atoms with van der Waals surface area (Å²) in [7, 11) is 0. The summed E-state index contributed by atoms with van der Waals surface area (Å²) < 4.78 is 0. The van der Waals surface area contributed by atoms with E-state index in [9.17, 15) is 9.59 Å². The summed E-state index contributed by atoms with van der Waals surface area (Å²) in [6, 6.07) is 7.10. The molecule has 0 fully saturated rings. The van der Waals surface area contributed by atoms with Crippen LogP contribution in [0.1, 0.15) is 18.7 Å². The molecule has 0 spiro atoms. The lowest BCUT2D eigenvalue weighted by atomic mass is 10.1. The molecule has 0 saturated carbocycles. The molecule has 1 amide bonds. The van der Waals surface area contributed by atoms with Gasteiger partial charge in [-0.3, -0.25) is 14.7 Å². The Labute approximate surface area is 115 Å². The van der Waals surface area contributed by atoms with E-state index in [-0.39, 0.29) is 18.7 Å². The predicted molar refractivity (Wildman–Crippen MR) is 72.1 cm³/mol. The number of hydrogen-bond acceptors (Lipinski definition) is 4. The summed E-state index contributed by atoms with van der Waals surface area (Å²) in [4.78, 5) is 26.3. The highest BCUT2D eigenvalue weighted by Gasteiger charge is 2.12. The molecule has 20 heavy (non-hydrogen) atoms. The summed E-state index contributed by atoms with van der Waals surface area (Å²) >= 11 is 0. The van der Waals surface area contributed by atoms with Gasteiger partial charge >= 0.3 is 5.97 Å². The van der Waals surface area contributed by atoms with E-state index in [1.807, 2.05) is 6.07 Å². The van der Waals surface area contributed by atoms with Gasteiger partial charge in [0, 0.05) is 12.0 Å². The molecule has 1 aromatic carbocycles. The van der Waals surface area contributed by atoms with Crippen molar-refractivity contribution in [2.45, 2.75) is 19.8 Å². The number of nitrogens with one attached hydrogen (secondary N) is 2. The smallest absolute Gasteiger partial charge is 0.303 e. The Bertz CT molecular complexity index is 636. The molecular formula is C13H14N4O3. The number of amides is 1. The van der Waals surface area contributed by atoms with Gasteiger partial charge in [-0.15, -0.1) is 0 Å². The molecule has 3 N–H and O–H groups in total. The van der Waals surface area contributed by atoms with E-state index in [1.54, 1.807) is 25.1 Å². The fraction of sp³-hybridized carbons (Fsp3) is 0.231. The van der Waals surface area contributed by atoms with Crippen molar-refractivity contribution in [2.75, 3.05) is 5.32 Å². The van der Waals surface area contributed by atoms with Gasteiger partial charge in [-0.25, -0.2) is 4.98 Å². The first-order valence-electron chi connectivity index (χ1n) is 6.06. The zero-order chi connectivity index (χ0) is 14.5. The molecule has 0 atom stereocenters. The molecule has 0 bridgehead atoms. The molecular weight excluding hydrogens is 260 g/mol. The molecule has 7 heteroatoms. The maximum atomic E-state index is 11.7. The standard InChI is InChI=1S/C13H14N4O3/c1-8-14-13(17-16-8)9-4-2-3-5-10(9)15-11(18)6-7-12(19)20/h2-5H,6-7H2,1H3,(H,15,18)(H,19,20)(H,14,16,17). The van der Waals surface area contributed by atoms with Gasteiger partial charge in [0.1, 0.15) is 5.82 Å². The van der Waals surface area contributed by atoms with Crippen LogP contribution in [-0.4, -0.2) is 32.2 Å². The number of carboxylic acids is 1. The first-order chi connectivity index (χ1) is 9.56. The summed E-state index contributed by atoms with van der Waals surface area (Å²) in [5.74, 6) is -0.200. The predicted octanol–water partition coefficient (Wildman–Crippen LogP) is 1.58. The molecule has 2 aromatic rings. The van der Waals surface area contributed by atoms with E-state index in [2.05, 4.69) is 20.5 Å². The van der Waals surface area contributed by atoms with Crippen LogP contribution >= 0.6 is 0 Å². The van der Waals surface area contributed by atoms with Crippen molar-refractivity contribution in [1.82, 2.24) is 15.2 Å². The maximum absolute atomic E-state index is 11.7. The summed E-state index contributed by atoms with van der Waals surface area (Å²) in [6.07, 6.45) is -0.273. The fourth-order valence-electron chi connectivity index (χ4n) is 1.68. The topological polar surface area (TPSA) is 108 Å². The van der Waals surface area contributed by atoms with Crippen LogP contribution in [0.3, 0.4) is 0 Å². The van der Waals surface area contributed by atoms with Crippen molar-refractivity contribution < 1.29 is 14.7 Å². The minimum Gasteiger partial charge on any atom is -0.481 e. The van der Waals surface area contributed by atoms with Gasteiger partial charge in [-0.1, -0.05) is 12.1 Å². The van der Waals surface area contributed by atoms with Crippen LogP contribution in [0.5, 0.6) is 0 Å². The van der Waals surface area contributed by atoms with E-state index in [4.69, 9.17) is 5.11 Å². The average Bonchev–Trinajstić information content (AvgIpc) is 2.83. The highest BCUT2D eigenvalue weighted by molar-refractivity contribution is 5.95. The Hall–Kier alpha value is -2.70. The van der Waals surface area contributed by atoms with E-state index < -0.39 is 5.97 Å². The maximum Gasteiger partial charge on any atom is 0.303 e. The van der Waals surface area contributed by atoms with Crippen LogP contribution in [0, 0.1) is 6.92 Å². The van der Waals surface area contributed by atoms with Gasteiger partial charge in [0.05, 0.1) is 12.1 Å². The number of rotatable bonds is 5. The zero-order valence-electron chi connectivity index (χ0n) is 10.9. The van der Waals surface area contributed by atoms with Gasteiger partial charge < -0.3 is 10.4 Å². The lowest BCUT2D eigenvalue weighted by molar-refractivity contribution is -0.138. The van der Waals surface area contributed by atoms with E-state index in [0.717, 1.165) is 0 Å². The lowest BCUT2D eigenvalue weighted by Gasteiger charge is -2.08. The van der Waals surface area contributed by atoms with Gasteiger partial charge in [0.25, 0.3) is 0 Å². The number of hydrogen-bond donors (Lipinski definition) is 3. The third-order valence-corrected chi connectivity index (χ3v) is 2.61. The molecule has 7 nitrogen and oxygen atoms in total. The van der Waals surface area contributed by atoms with Gasteiger partial charge in [-0.05, 0) is 19.1 Å². The number of H-pyrrole nitrogens is 1. The first kappa shape index (κ1) is 13.7. The number of aromatic nitrogens is 3. The molecule has 104 valence electrons. The number of aryl methyl sites for hydroxylation is 1. The number of aromatic amines is 1. The molecule has 0 aliphatic heterocycles. The number of anilines is 1. The summed E-state index contributed by atoms with van der Waals surface area (Å²) in [5.41, 5.74) is 1.24. The zero-order valence-corrected chi connectivity index (χ0v) is 10.9. The normalized spacial score (nSPS) is 10.2. The number of benzene rings is 1. The number of nitrogens with zero attached hydrogens (tertiary/aromatic N) is 2. The monoisotopic (exact) mass is 274 g/mol. The summed E-state index contributed by atoms with van der Waals surface area (Å²) in [6.45, 7) is 1.78. The van der Waals surface area contributed by atoms with Crippen molar-refractivity contribution in [3.8, 4) is 11.4 Å². The SMILES string of the molecule is Cc1nc(-c2ccccc2NC(=O)CCC(=O)O)n[nH]1. The Balaban J connectivity index is 2.16. The van der Waals surface area contributed by atoms with Gasteiger partial charge in [-0.2, -0.15) is 5.10 Å². The molecule has 0 aliphatic carbocycles. The van der Waals surface area contributed by atoms with Crippen molar-refractivity contribution in [1.29, 1.82) is 0 Å². The molecule has 0 aliphatic rings. The van der Waals surface area contributed by atoms with E-state index >= 15 is 0 Å². The van der Waals surface area contributed by atoms with Crippen molar-refractivity contribution >= 4 is 17.6 Å². The molecule has 0 saturated heterocycles. The molecule has 1 heterocycles. The second-order valence-corrected chi connectivity index (χ2v) is 4.23. The second-order valence-electron chi connectivity index (χ2n) is 4.23. The third-order valence-electron chi connectivity index (χ3n) is 2.61. The molecule has 0 unspecified atom stereocenters. The number of carbonyl (C=O) groups is 2. The van der Waals surface area contributed by atoms with Crippen LogP contribution in [0.25, 0.3) is 11.4 Å². The van der Waals surface area contributed by atoms with Crippen molar-refractivity contribution in [3.63, 3.8) is 0 Å². The van der Waals surface area contributed by atoms with Crippen LogP contribution < -0.4 is 5.32 Å². The Morgan fingerprint density at radius 2 is 2.05 bits per heavy atom. The highest BCUT2D eigenvalue weighted by atomic mass is 16.4. The minimum absolute atomic E-state index is 0.0727. The van der Waals surface area contributed by atoms with Crippen LogP contribution in [-0.2, 0) is 9.59 Å². The van der Waals surface area contributed by atoms with Crippen molar-refractivity contribution in [3.05, 3.63) is 30.1 Å². The lowest BCUT2D eigenvalue weighted by Crippen LogP contribution is -2.13. The fourth-order valence-corrected chi connectivity index (χ4v) is 1.68. The third kappa shape index (κ3) is 3.41. The molecule has 1 aromatic heterocycles. The second kappa shape index (κ2) is 5.96. The summed E-state index contributed by atoms with van der Waals surface area (Å²) in [5, 5.41) is 18.0. The quantitative estimate of drug-likeness (QED) is 0.767. The number of aliphatic carboxylic acids is 1. The van der Waals surface area contributed by atoms with E-state index in [1.165, 1.54) is 0 Å². The number of carbonyl (C=O) groups excluding carboxylic acids is 1. The van der Waals surface area contributed by atoms with Gasteiger partial charge in [0.2, 0.25) is 5.91 Å². The molecule has 2 rings (SSSR count). The average molecular weight is 274 g/mol. The molecule has 0 radical (unpaired) electrons. The first-order valence-corrected chi connectivity index (χ1v) is 6.06. The number of para-hydroxylation sites is 1. The Morgan fingerprint density at radius 1 is 1.30 bits per heavy atom. The van der Waals surface area contributed by atoms with E-state index in [0.29, 0.717) is 22.9 Å². The van der Waals surface area contributed by atoms with Crippen LogP contribution in [0.4, 0.5) is 5.69 Å². The van der Waals surface area contributed by atoms with Gasteiger partial charge in [0.15, 0.2) is 5.82 Å². The Morgan fingerprint density at radius 3 is 2.70 bits per heavy atom. The van der Waals surface area contributed by atoms with Crippen LogP contribution in [0.2, 0.25) is 0 Å². The highest BCUT2D eigenvalue weighted by Crippen LogP contribution is 2.24. The largest absolute Gasteiger partial charge is 0.481 e. The minimum atomic E-state index is -1.00.